The normalized spacial score (nSPS) is 12.8. The number of ether oxygens (including phenoxy) is 1. The van der Waals surface area contributed by atoms with Crippen LogP contribution in [0, 0.1) is 0 Å². The Kier molecular flexibility index (Phi) is 4.01. The zero-order valence-corrected chi connectivity index (χ0v) is 8.21. The molecule has 0 radical (unpaired) electrons. The molecule has 13 heavy (non-hydrogen) atoms. The number of carbonyl (C=O) groups excluding carboxylic acids is 1. The summed E-state index contributed by atoms with van der Waals surface area (Å²) < 4.78 is 4.83. The van der Waals surface area contributed by atoms with E-state index in [0.29, 0.717) is 18.0 Å². The largest absolute Gasteiger partial charge is 0.383 e. The van der Waals surface area contributed by atoms with Crippen LogP contribution in [0.25, 0.3) is 0 Å². The number of nitrogens with two attached hydrogens (primary N) is 1. The van der Waals surface area contributed by atoms with Gasteiger partial charge < -0.3 is 10.5 Å². The molecule has 4 nitrogen and oxygen atoms in total. The van der Waals surface area contributed by atoms with E-state index < -0.39 is 0 Å². The molecule has 0 spiro atoms. The minimum atomic E-state index is -0.235. The molecule has 1 aromatic rings. The molecule has 0 aliphatic carbocycles. The SMILES string of the molecule is COCC(N)CC(=O)c1nccs1. The first-order chi connectivity index (χ1) is 6.24. The van der Waals surface area contributed by atoms with Crippen molar-refractivity contribution in [3.63, 3.8) is 0 Å². The minimum absolute atomic E-state index is 0.0143. The minimum Gasteiger partial charge on any atom is -0.383 e. The van der Waals surface area contributed by atoms with Gasteiger partial charge in [-0.15, -0.1) is 11.3 Å². The second kappa shape index (κ2) is 5.06. The van der Waals surface area contributed by atoms with Crippen molar-refractivity contribution in [1.82, 2.24) is 4.98 Å². The molecule has 1 unspecified atom stereocenters. The summed E-state index contributed by atoms with van der Waals surface area (Å²) in [6.07, 6.45) is 1.90. The van der Waals surface area contributed by atoms with E-state index in [2.05, 4.69) is 4.98 Å². The molecule has 1 rings (SSSR count). The van der Waals surface area contributed by atoms with Crippen LogP contribution in [-0.2, 0) is 4.74 Å². The molecule has 0 bridgehead atoms. The molecule has 0 aliphatic heterocycles. The zero-order valence-electron chi connectivity index (χ0n) is 7.40. The summed E-state index contributed by atoms with van der Waals surface area (Å²) in [6.45, 7) is 0.400. The number of hydrogen-bond acceptors (Lipinski definition) is 5. The molecule has 72 valence electrons. The van der Waals surface area contributed by atoms with Crippen LogP contribution in [0.1, 0.15) is 16.2 Å². The number of ketones is 1. The van der Waals surface area contributed by atoms with Gasteiger partial charge in [-0.25, -0.2) is 4.98 Å². The summed E-state index contributed by atoms with van der Waals surface area (Å²) in [5, 5.41) is 2.29. The standard InChI is InChI=1S/C8H12N2O2S/c1-12-5-6(9)4-7(11)8-10-2-3-13-8/h2-3,6H,4-5,9H2,1H3. The number of nitrogens with zero attached hydrogens (tertiary/aromatic N) is 1. The highest BCUT2D eigenvalue weighted by molar-refractivity contribution is 7.11. The average molecular weight is 200 g/mol. The molecule has 0 amide bonds. The lowest BCUT2D eigenvalue weighted by atomic mass is 10.2. The molecule has 2 N–H and O–H groups in total. The maximum atomic E-state index is 11.4. The van der Waals surface area contributed by atoms with Gasteiger partial charge >= 0.3 is 0 Å². The Morgan fingerprint density at radius 2 is 2.62 bits per heavy atom. The van der Waals surface area contributed by atoms with Gasteiger partial charge in [0.25, 0.3) is 0 Å². The second-order valence-corrected chi connectivity index (χ2v) is 3.57. The molecule has 1 atom stereocenters. The molecular weight excluding hydrogens is 188 g/mol. The van der Waals surface area contributed by atoms with Gasteiger partial charge in [0, 0.05) is 31.1 Å². The van der Waals surface area contributed by atoms with Crippen molar-refractivity contribution in [1.29, 1.82) is 0 Å². The van der Waals surface area contributed by atoms with Gasteiger partial charge in [-0.1, -0.05) is 0 Å². The molecule has 1 aromatic heterocycles. The lowest BCUT2D eigenvalue weighted by Crippen LogP contribution is -2.28. The number of thiazole rings is 1. The van der Waals surface area contributed by atoms with E-state index in [1.54, 1.807) is 18.7 Å². The third-order valence-corrected chi connectivity index (χ3v) is 2.31. The predicted molar refractivity (Wildman–Crippen MR) is 50.9 cm³/mol. The van der Waals surface area contributed by atoms with Crippen LogP contribution in [0.2, 0.25) is 0 Å². The van der Waals surface area contributed by atoms with Gasteiger partial charge in [-0.2, -0.15) is 0 Å². The van der Waals surface area contributed by atoms with E-state index in [1.165, 1.54) is 11.3 Å². The fraction of sp³-hybridized carbons (Fsp3) is 0.500. The number of Topliss-reactive ketones (excluding diaryl/α,β-unsaturated/α-hetero) is 1. The van der Waals surface area contributed by atoms with Gasteiger partial charge in [0.2, 0.25) is 0 Å². The molecule has 0 saturated heterocycles. The summed E-state index contributed by atoms with van der Waals surface area (Å²) >= 11 is 1.33. The first kappa shape index (κ1) is 10.3. The van der Waals surface area contributed by atoms with E-state index in [0.717, 1.165) is 0 Å². The molecule has 5 heteroatoms. The number of rotatable bonds is 5. The average Bonchev–Trinajstić information content (AvgIpc) is 2.55. The summed E-state index contributed by atoms with van der Waals surface area (Å²) in [4.78, 5) is 15.3. The maximum absolute atomic E-state index is 11.4. The van der Waals surface area contributed by atoms with Crippen LogP contribution < -0.4 is 5.73 Å². The predicted octanol–water partition coefficient (Wildman–Crippen LogP) is 0.690. The topological polar surface area (TPSA) is 65.2 Å². The van der Waals surface area contributed by atoms with Gasteiger partial charge in [-0.05, 0) is 0 Å². The van der Waals surface area contributed by atoms with Gasteiger partial charge in [0.05, 0.1) is 6.61 Å². The smallest absolute Gasteiger partial charge is 0.193 e. The molecule has 1 heterocycles. The third-order valence-electron chi connectivity index (χ3n) is 1.50. The Morgan fingerprint density at radius 3 is 3.15 bits per heavy atom. The van der Waals surface area contributed by atoms with E-state index in [1.807, 2.05) is 0 Å². The Hall–Kier alpha value is -0.780. The summed E-state index contributed by atoms with van der Waals surface area (Å²) in [6, 6.07) is -0.235. The molecular formula is C8H12N2O2S. The van der Waals surface area contributed by atoms with Crippen LogP contribution in [-0.4, -0.2) is 30.5 Å². The van der Waals surface area contributed by atoms with Crippen molar-refractivity contribution in [2.45, 2.75) is 12.5 Å². The third kappa shape index (κ3) is 3.22. The summed E-state index contributed by atoms with van der Waals surface area (Å²) in [5.74, 6) is -0.0143. The van der Waals surface area contributed by atoms with Crippen LogP contribution >= 0.6 is 11.3 Å². The zero-order chi connectivity index (χ0) is 9.68. The highest BCUT2D eigenvalue weighted by Crippen LogP contribution is 2.08. The highest BCUT2D eigenvalue weighted by Gasteiger charge is 2.13. The summed E-state index contributed by atoms with van der Waals surface area (Å²) in [5.41, 5.74) is 5.62. The first-order valence-corrected chi connectivity index (χ1v) is 4.79. The van der Waals surface area contributed by atoms with Crippen LogP contribution in [0.5, 0.6) is 0 Å². The Labute approximate surface area is 80.7 Å². The molecule has 0 aromatic carbocycles. The van der Waals surface area contributed by atoms with E-state index in [9.17, 15) is 4.79 Å². The molecule has 0 saturated carbocycles. The number of methoxy groups -OCH3 is 1. The molecule has 0 aliphatic rings. The Bertz CT molecular complexity index is 261. The van der Waals surface area contributed by atoms with Crippen molar-refractivity contribution in [3.05, 3.63) is 16.6 Å². The van der Waals surface area contributed by atoms with E-state index >= 15 is 0 Å². The van der Waals surface area contributed by atoms with Crippen LogP contribution in [0.15, 0.2) is 11.6 Å². The second-order valence-electron chi connectivity index (χ2n) is 2.68. The van der Waals surface area contributed by atoms with Crippen molar-refractivity contribution < 1.29 is 9.53 Å². The van der Waals surface area contributed by atoms with Crippen molar-refractivity contribution >= 4 is 17.1 Å². The lowest BCUT2D eigenvalue weighted by Gasteiger charge is -2.07. The van der Waals surface area contributed by atoms with Crippen molar-refractivity contribution in [2.75, 3.05) is 13.7 Å². The molecule has 0 fully saturated rings. The quantitative estimate of drug-likeness (QED) is 0.710. The highest BCUT2D eigenvalue weighted by atomic mass is 32.1. The first-order valence-electron chi connectivity index (χ1n) is 3.91. The van der Waals surface area contributed by atoms with Gasteiger partial charge in [0.1, 0.15) is 0 Å². The Morgan fingerprint density at radius 1 is 1.85 bits per heavy atom. The monoisotopic (exact) mass is 200 g/mol. The number of carbonyl (C=O) groups is 1. The lowest BCUT2D eigenvalue weighted by molar-refractivity contribution is 0.0949. The number of aromatic nitrogens is 1. The van der Waals surface area contributed by atoms with Crippen LogP contribution in [0.4, 0.5) is 0 Å². The Balaban J connectivity index is 2.42. The summed E-state index contributed by atoms with van der Waals surface area (Å²) in [7, 11) is 1.56. The van der Waals surface area contributed by atoms with Crippen LogP contribution in [0.3, 0.4) is 0 Å². The number of hydrogen-bond donors (Lipinski definition) is 1. The van der Waals surface area contributed by atoms with Gasteiger partial charge in [0.15, 0.2) is 10.8 Å². The van der Waals surface area contributed by atoms with E-state index in [4.69, 9.17) is 10.5 Å². The fourth-order valence-corrected chi connectivity index (χ4v) is 1.55. The van der Waals surface area contributed by atoms with Crippen molar-refractivity contribution in [3.8, 4) is 0 Å². The van der Waals surface area contributed by atoms with Crippen molar-refractivity contribution in [2.24, 2.45) is 5.73 Å². The fourth-order valence-electron chi connectivity index (χ4n) is 0.960. The maximum Gasteiger partial charge on any atom is 0.193 e. The van der Waals surface area contributed by atoms with Gasteiger partial charge in [-0.3, -0.25) is 4.79 Å². The van der Waals surface area contributed by atoms with E-state index in [-0.39, 0.29) is 11.8 Å².